The molecule has 2 fully saturated rings. The van der Waals surface area contributed by atoms with Gasteiger partial charge in [0.15, 0.2) is 0 Å². The lowest BCUT2D eigenvalue weighted by Gasteiger charge is -2.48. The van der Waals surface area contributed by atoms with Crippen LogP contribution in [-0.4, -0.2) is 36.6 Å². The van der Waals surface area contributed by atoms with Crippen LogP contribution in [0, 0.1) is 16.7 Å². The van der Waals surface area contributed by atoms with E-state index in [2.05, 4.69) is 51.8 Å². The van der Waals surface area contributed by atoms with Gasteiger partial charge in [0.1, 0.15) is 0 Å². The summed E-state index contributed by atoms with van der Waals surface area (Å²) in [5.41, 5.74) is 0.908. The van der Waals surface area contributed by atoms with Crippen LogP contribution >= 0.6 is 0 Å². The van der Waals surface area contributed by atoms with Crippen molar-refractivity contribution in [3.05, 3.63) is 0 Å². The maximum atomic E-state index is 3.81. The SMILES string of the molecule is CCNC1C(N2CCC(C(C)(C)C)C2)CCCC1(C)C. The number of hydrogen-bond acceptors (Lipinski definition) is 2. The molecule has 0 aromatic heterocycles. The summed E-state index contributed by atoms with van der Waals surface area (Å²) >= 11 is 0. The van der Waals surface area contributed by atoms with Gasteiger partial charge in [0.2, 0.25) is 0 Å². The van der Waals surface area contributed by atoms with Gasteiger partial charge in [-0.3, -0.25) is 4.90 Å². The summed E-state index contributed by atoms with van der Waals surface area (Å²) in [4.78, 5) is 2.81. The van der Waals surface area contributed by atoms with Crippen LogP contribution in [0.3, 0.4) is 0 Å². The highest BCUT2D eigenvalue weighted by Crippen LogP contribution is 2.41. The largest absolute Gasteiger partial charge is 0.312 e. The minimum atomic E-state index is 0.443. The smallest absolute Gasteiger partial charge is 0.0274 e. The molecule has 0 spiro atoms. The molecule has 3 atom stereocenters. The Kier molecular flexibility index (Phi) is 4.86. The molecule has 0 radical (unpaired) electrons. The molecule has 0 amide bonds. The number of rotatable bonds is 3. The van der Waals surface area contributed by atoms with Crippen LogP contribution in [0.15, 0.2) is 0 Å². The molecule has 3 unspecified atom stereocenters. The zero-order valence-corrected chi connectivity index (χ0v) is 14.6. The summed E-state index contributed by atoms with van der Waals surface area (Å²) in [6.45, 7) is 18.1. The third-order valence-corrected chi connectivity index (χ3v) is 5.89. The molecule has 2 aliphatic rings. The minimum absolute atomic E-state index is 0.443. The molecule has 1 saturated carbocycles. The van der Waals surface area contributed by atoms with Crippen LogP contribution in [-0.2, 0) is 0 Å². The predicted octanol–water partition coefficient (Wildman–Crippen LogP) is 3.91. The molecule has 0 bridgehead atoms. The van der Waals surface area contributed by atoms with Gasteiger partial charge in [0.25, 0.3) is 0 Å². The van der Waals surface area contributed by atoms with Crippen LogP contribution in [0.1, 0.15) is 67.2 Å². The lowest BCUT2D eigenvalue weighted by molar-refractivity contribution is 0.0568. The van der Waals surface area contributed by atoms with Gasteiger partial charge in [-0.2, -0.15) is 0 Å². The van der Waals surface area contributed by atoms with E-state index < -0.39 is 0 Å². The monoisotopic (exact) mass is 280 g/mol. The van der Waals surface area contributed by atoms with Crippen LogP contribution < -0.4 is 5.32 Å². The number of likely N-dealkylation sites (N-methyl/N-ethyl adjacent to an activating group) is 1. The van der Waals surface area contributed by atoms with Crippen LogP contribution in [0.4, 0.5) is 0 Å². The van der Waals surface area contributed by atoms with Gasteiger partial charge in [0, 0.05) is 18.6 Å². The van der Waals surface area contributed by atoms with Crippen molar-refractivity contribution >= 4 is 0 Å². The lowest BCUT2D eigenvalue weighted by Crippen LogP contribution is -2.58. The first-order valence-electron chi connectivity index (χ1n) is 8.73. The Hall–Kier alpha value is -0.0800. The minimum Gasteiger partial charge on any atom is -0.312 e. The van der Waals surface area contributed by atoms with E-state index in [1.54, 1.807) is 0 Å². The molecule has 2 rings (SSSR count). The summed E-state index contributed by atoms with van der Waals surface area (Å²) < 4.78 is 0. The quantitative estimate of drug-likeness (QED) is 0.843. The molecule has 1 N–H and O–H groups in total. The fourth-order valence-corrected chi connectivity index (χ4v) is 4.43. The summed E-state index contributed by atoms with van der Waals surface area (Å²) in [5, 5.41) is 3.81. The van der Waals surface area contributed by atoms with Crippen molar-refractivity contribution < 1.29 is 0 Å². The fraction of sp³-hybridized carbons (Fsp3) is 1.00. The van der Waals surface area contributed by atoms with E-state index in [4.69, 9.17) is 0 Å². The van der Waals surface area contributed by atoms with Crippen molar-refractivity contribution in [2.75, 3.05) is 19.6 Å². The summed E-state index contributed by atoms with van der Waals surface area (Å²) in [5.74, 6) is 0.870. The van der Waals surface area contributed by atoms with E-state index in [0.29, 0.717) is 16.9 Å². The molecule has 20 heavy (non-hydrogen) atoms. The summed E-state index contributed by atoms with van der Waals surface area (Å²) in [6.07, 6.45) is 5.55. The van der Waals surface area contributed by atoms with E-state index in [0.717, 1.165) is 18.5 Å². The van der Waals surface area contributed by atoms with Crippen LogP contribution in [0.5, 0.6) is 0 Å². The molecule has 1 aliphatic heterocycles. The maximum absolute atomic E-state index is 3.81. The van der Waals surface area contributed by atoms with Crippen molar-refractivity contribution in [2.45, 2.75) is 79.3 Å². The van der Waals surface area contributed by atoms with Gasteiger partial charge < -0.3 is 5.32 Å². The normalized spacial score (nSPS) is 35.4. The third kappa shape index (κ3) is 3.39. The van der Waals surface area contributed by atoms with Crippen molar-refractivity contribution in [2.24, 2.45) is 16.7 Å². The molecule has 0 aromatic rings. The van der Waals surface area contributed by atoms with Gasteiger partial charge in [-0.15, -0.1) is 0 Å². The maximum Gasteiger partial charge on any atom is 0.0274 e. The molecule has 1 heterocycles. The zero-order valence-electron chi connectivity index (χ0n) is 14.6. The van der Waals surface area contributed by atoms with E-state index in [-0.39, 0.29) is 0 Å². The van der Waals surface area contributed by atoms with Crippen molar-refractivity contribution in [1.29, 1.82) is 0 Å². The molecule has 1 saturated heterocycles. The molecule has 2 nitrogen and oxygen atoms in total. The van der Waals surface area contributed by atoms with Crippen molar-refractivity contribution in [3.63, 3.8) is 0 Å². The van der Waals surface area contributed by atoms with Crippen LogP contribution in [0.25, 0.3) is 0 Å². The summed E-state index contributed by atoms with van der Waals surface area (Å²) in [7, 11) is 0. The highest BCUT2D eigenvalue weighted by atomic mass is 15.2. The average Bonchev–Trinajstić information content (AvgIpc) is 2.80. The molecule has 118 valence electrons. The van der Waals surface area contributed by atoms with Crippen molar-refractivity contribution in [1.82, 2.24) is 10.2 Å². The molecular formula is C18H36N2. The second-order valence-corrected chi connectivity index (χ2v) is 8.83. The molecule has 2 heteroatoms. The molecular weight excluding hydrogens is 244 g/mol. The molecule has 1 aliphatic carbocycles. The van der Waals surface area contributed by atoms with E-state index in [1.165, 1.54) is 38.8 Å². The number of likely N-dealkylation sites (tertiary alicyclic amines) is 1. The van der Waals surface area contributed by atoms with Gasteiger partial charge in [0.05, 0.1) is 0 Å². The Morgan fingerprint density at radius 2 is 1.90 bits per heavy atom. The van der Waals surface area contributed by atoms with E-state index >= 15 is 0 Å². The Morgan fingerprint density at radius 1 is 1.20 bits per heavy atom. The van der Waals surface area contributed by atoms with Crippen LogP contribution in [0.2, 0.25) is 0 Å². The first-order chi connectivity index (χ1) is 9.25. The first-order valence-corrected chi connectivity index (χ1v) is 8.73. The topological polar surface area (TPSA) is 15.3 Å². The van der Waals surface area contributed by atoms with Gasteiger partial charge in [-0.05, 0) is 49.1 Å². The second-order valence-electron chi connectivity index (χ2n) is 8.83. The summed E-state index contributed by atoms with van der Waals surface area (Å²) in [6, 6.07) is 1.42. The number of nitrogens with one attached hydrogen (secondary N) is 1. The van der Waals surface area contributed by atoms with Gasteiger partial charge in [-0.1, -0.05) is 48.0 Å². The van der Waals surface area contributed by atoms with Gasteiger partial charge in [-0.25, -0.2) is 0 Å². The standard InChI is InChI=1S/C18H36N2/c1-7-19-16-15(9-8-11-18(16,5)6)20-12-10-14(13-20)17(2,3)4/h14-16,19H,7-13H2,1-6H3. The Balaban J connectivity index is 2.07. The number of nitrogens with zero attached hydrogens (tertiary/aromatic N) is 1. The third-order valence-electron chi connectivity index (χ3n) is 5.89. The lowest BCUT2D eigenvalue weighted by atomic mass is 9.70. The van der Waals surface area contributed by atoms with Gasteiger partial charge >= 0.3 is 0 Å². The first kappa shape index (κ1) is 16.3. The Bertz CT molecular complexity index is 316. The van der Waals surface area contributed by atoms with E-state index in [1.807, 2.05) is 0 Å². The molecule has 0 aromatic carbocycles. The zero-order chi connectivity index (χ0) is 15.0. The second kappa shape index (κ2) is 5.96. The Labute approximate surface area is 126 Å². The highest BCUT2D eigenvalue weighted by Gasteiger charge is 2.43. The average molecular weight is 280 g/mol. The Morgan fingerprint density at radius 3 is 2.45 bits per heavy atom. The van der Waals surface area contributed by atoms with Crippen molar-refractivity contribution in [3.8, 4) is 0 Å². The van der Waals surface area contributed by atoms with E-state index in [9.17, 15) is 0 Å². The number of hydrogen-bond donors (Lipinski definition) is 1. The highest BCUT2D eigenvalue weighted by molar-refractivity contribution is 5.00. The fourth-order valence-electron chi connectivity index (χ4n) is 4.43. The predicted molar refractivity (Wildman–Crippen MR) is 88.0 cm³/mol.